The zero-order chi connectivity index (χ0) is 19.1. The van der Waals surface area contributed by atoms with Gasteiger partial charge in [-0.2, -0.15) is 9.49 Å². The third kappa shape index (κ3) is 2.94. The van der Waals surface area contributed by atoms with Crippen molar-refractivity contribution in [3.63, 3.8) is 0 Å². The van der Waals surface area contributed by atoms with E-state index in [1.165, 1.54) is 6.92 Å². The number of anilines is 1. The van der Waals surface area contributed by atoms with E-state index in [-0.39, 0.29) is 11.6 Å². The van der Waals surface area contributed by atoms with Gasteiger partial charge in [-0.1, -0.05) is 18.2 Å². The lowest BCUT2D eigenvalue weighted by molar-refractivity contribution is 0.0741. The highest BCUT2D eigenvalue weighted by Crippen LogP contribution is 2.20. The fourth-order valence-corrected chi connectivity index (χ4v) is 3.35. The van der Waals surface area contributed by atoms with Gasteiger partial charge in [-0.3, -0.25) is 19.3 Å². The molecule has 140 valence electrons. The number of carbonyl (C=O) groups excluding carboxylic acids is 1. The third-order valence-corrected chi connectivity index (χ3v) is 4.84. The van der Waals surface area contributed by atoms with Crippen LogP contribution in [0.1, 0.15) is 16.2 Å². The molecule has 1 aliphatic rings. The van der Waals surface area contributed by atoms with E-state index in [4.69, 9.17) is 0 Å². The summed E-state index contributed by atoms with van der Waals surface area (Å²) >= 11 is 0. The number of aryl methyl sites for hydroxylation is 2. The second kappa shape index (κ2) is 6.49. The van der Waals surface area contributed by atoms with Crippen molar-refractivity contribution in [2.45, 2.75) is 6.92 Å². The zero-order valence-electron chi connectivity index (χ0n) is 15.1. The molecule has 1 aromatic carbocycles. The molecule has 0 saturated carbocycles. The molecule has 0 spiro atoms. The Labute approximate surface area is 154 Å². The Morgan fingerprint density at radius 3 is 2.59 bits per heavy atom. The number of aromatic nitrogens is 4. The van der Waals surface area contributed by atoms with Crippen molar-refractivity contribution < 1.29 is 9.18 Å². The number of aromatic amines is 1. The highest BCUT2D eigenvalue weighted by molar-refractivity contribution is 6.04. The van der Waals surface area contributed by atoms with Crippen LogP contribution in [0.2, 0.25) is 0 Å². The van der Waals surface area contributed by atoms with Gasteiger partial charge in [0, 0.05) is 38.6 Å². The molecule has 0 aliphatic carbocycles. The van der Waals surface area contributed by atoms with Gasteiger partial charge < -0.3 is 9.80 Å². The first-order chi connectivity index (χ1) is 13.0. The number of hydrogen-bond acceptors (Lipinski definition) is 5. The van der Waals surface area contributed by atoms with Crippen molar-refractivity contribution in [3.05, 3.63) is 51.8 Å². The monoisotopic (exact) mass is 370 g/mol. The van der Waals surface area contributed by atoms with E-state index in [1.807, 2.05) is 36.2 Å². The fourth-order valence-electron chi connectivity index (χ4n) is 3.35. The Balaban J connectivity index is 1.52. The summed E-state index contributed by atoms with van der Waals surface area (Å²) in [5.41, 5.74) is 0.622. The first-order valence-corrected chi connectivity index (χ1v) is 8.68. The number of para-hydroxylation sites is 1. The number of nitrogens with one attached hydrogen (secondary N) is 1. The van der Waals surface area contributed by atoms with Gasteiger partial charge in [0.15, 0.2) is 5.69 Å². The normalized spacial score (nSPS) is 14.8. The van der Waals surface area contributed by atoms with E-state index in [1.54, 1.807) is 9.58 Å². The number of H-pyrrole nitrogens is 1. The van der Waals surface area contributed by atoms with E-state index in [0.29, 0.717) is 37.8 Å². The van der Waals surface area contributed by atoms with Crippen LogP contribution < -0.4 is 10.5 Å². The van der Waals surface area contributed by atoms with Crippen LogP contribution in [0.3, 0.4) is 0 Å². The van der Waals surface area contributed by atoms with Crippen LogP contribution in [0, 0.1) is 12.7 Å². The molecular formula is C18H19FN6O2. The van der Waals surface area contributed by atoms with Crippen molar-refractivity contribution in [1.82, 2.24) is 24.6 Å². The molecule has 3 heterocycles. The first kappa shape index (κ1) is 17.2. The van der Waals surface area contributed by atoms with Crippen LogP contribution in [0.4, 0.5) is 10.3 Å². The molecule has 0 unspecified atom stereocenters. The molecule has 1 amide bonds. The Hall–Kier alpha value is -3.23. The third-order valence-electron chi connectivity index (χ3n) is 4.84. The minimum Gasteiger partial charge on any atom is -0.339 e. The Morgan fingerprint density at radius 2 is 1.89 bits per heavy atom. The minimum absolute atomic E-state index is 0.0622. The van der Waals surface area contributed by atoms with Gasteiger partial charge in [0.25, 0.3) is 11.5 Å². The standard InChI is InChI=1S/C18H19FN6O2/c1-11-14(19)16(26)21-18(20-11)25-9-7-24(8-10-25)17(27)15-12-5-3-4-6-13(12)23(2)22-15/h3-6H,7-10H2,1-2H3,(H,20,21,26). The molecule has 3 aromatic rings. The number of nitrogens with zero attached hydrogens (tertiary/aromatic N) is 5. The Kier molecular flexibility index (Phi) is 4.14. The number of piperazine rings is 1. The molecule has 1 N–H and O–H groups in total. The summed E-state index contributed by atoms with van der Waals surface area (Å²) in [5, 5.41) is 5.21. The molecule has 0 bridgehead atoms. The van der Waals surface area contributed by atoms with Crippen LogP contribution in [-0.4, -0.2) is 56.7 Å². The van der Waals surface area contributed by atoms with Gasteiger partial charge >= 0.3 is 0 Å². The zero-order valence-corrected chi connectivity index (χ0v) is 15.1. The van der Waals surface area contributed by atoms with Crippen molar-refractivity contribution in [2.24, 2.45) is 7.05 Å². The molecular weight excluding hydrogens is 351 g/mol. The summed E-state index contributed by atoms with van der Waals surface area (Å²) in [6.45, 7) is 3.36. The van der Waals surface area contributed by atoms with E-state index in [0.717, 1.165) is 10.9 Å². The highest BCUT2D eigenvalue weighted by Gasteiger charge is 2.27. The number of fused-ring (bicyclic) bond motifs is 1. The number of carbonyl (C=O) groups is 1. The Morgan fingerprint density at radius 1 is 1.19 bits per heavy atom. The van der Waals surface area contributed by atoms with E-state index in [9.17, 15) is 14.0 Å². The highest BCUT2D eigenvalue weighted by atomic mass is 19.1. The number of hydrogen-bond donors (Lipinski definition) is 1. The van der Waals surface area contributed by atoms with Crippen LogP contribution in [0.25, 0.3) is 10.9 Å². The van der Waals surface area contributed by atoms with Crippen LogP contribution in [0.15, 0.2) is 29.1 Å². The number of benzene rings is 1. The summed E-state index contributed by atoms with van der Waals surface area (Å²) in [6.07, 6.45) is 0. The molecule has 0 atom stereocenters. The topological polar surface area (TPSA) is 87.1 Å². The summed E-state index contributed by atoms with van der Waals surface area (Å²) < 4.78 is 15.2. The second-order valence-electron chi connectivity index (χ2n) is 6.56. The maximum Gasteiger partial charge on any atom is 0.288 e. The number of amides is 1. The molecule has 1 saturated heterocycles. The quantitative estimate of drug-likeness (QED) is 0.729. The first-order valence-electron chi connectivity index (χ1n) is 8.68. The lowest BCUT2D eigenvalue weighted by Crippen LogP contribution is -2.49. The summed E-state index contributed by atoms with van der Waals surface area (Å²) in [7, 11) is 1.82. The smallest absolute Gasteiger partial charge is 0.288 e. The van der Waals surface area contributed by atoms with E-state index >= 15 is 0 Å². The number of halogens is 1. The molecule has 9 heteroatoms. The maximum absolute atomic E-state index is 13.5. The van der Waals surface area contributed by atoms with Crippen molar-refractivity contribution in [2.75, 3.05) is 31.1 Å². The molecule has 27 heavy (non-hydrogen) atoms. The van der Waals surface area contributed by atoms with Crippen molar-refractivity contribution in [3.8, 4) is 0 Å². The average Bonchev–Trinajstić information content (AvgIpc) is 3.02. The predicted octanol–water partition coefficient (Wildman–Crippen LogP) is 1.07. The van der Waals surface area contributed by atoms with Gasteiger partial charge in [-0.05, 0) is 13.0 Å². The molecule has 0 radical (unpaired) electrons. The van der Waals surface area contributed by atoms with Crippen LogP contribution in [0.5, 0.6) is 0 Å². The van der Waals surface area contributed by atoms with Gasteiger partial charge in [0.2, 0.25) is 11.8 Å². The van der Waals surface area contributed by atoms with Crippen LogP contribution in [-0.2, 0) is 7.05 Å². The lowest BCUT2D eigenvalue weighted by Gasteiger charge is -2.34. The molecule has 8 nitrogen and oxygen atoms in total. The predicted molar refractivity (Wildman–Crippen MR) is 98.4 cm³/mol. The fraction of sp³-hybridized carbons (Fsp3) is 0.333. The molecule has 1 fully saturated rings. The van der Waals surface area contributed by atoms with E-state index in [2.05, 4.69) is 15.1 Å². The van der Waals surface area contributed by atoms with Gasteiger partial charge in [-0.15, -0.1) is 0 Å². The lowest BCUT2D eigenvalue weighted by atomic mass is 10.2. The summed E-state index contributed by atoms with van der Waals surface area (Å²) in [4.78, 5) is 34.7. The molecule has 1 aliphatic heterocycles. The second-order valence-corrected chi connectivity index (χ2v) is 6.56. The SMILES string of the molecule is Cc1nc(N2CCN(C(=O)c3nn(C)c4ccccc34)CC2)[nH]c(=O)c1F. The van der Waals surface area contributed by atoms with Crippen molar-refractivity contribution in [1.29, 1.82) is 0 Å². The van der Waals surface area contributed by atoms with Gasteiger partial charge in [0.05, 0.1) is 11.2 Å². The minimum atomic E-state index is -0.866. The molecule has 2 aromatic heterocycles. The number of rotatable bonds is 2. The Bertz CT molecular complexity index is 1080. The van der Waals surface area contributed by atoms with Crippen molar-refractivity contribution >= 4 is 22.8 Å². The van der Waals surface area contributed by atoms with Gasteiger partial charge in [-0.25, -0.2) is 4.98 Å². The largest absolute Gasteiger partial charge is 0.339 e. The van der Waals surface area contributed by atoms with Gasteiger partial charge in [0.1, 0.15) is 0 Å². The summed E-state index contributed by atoms with van der Waals surface area (Å²) in [6, 6.07) is 7.62. The van der Waals surface area contributed by atoms with Crippen LogP contribution >= 0.6 is 0 Å². The summed E-state index contributed by atoms with van der Waals surface area (Å²) in [5.74, 6) is -0.660. The maximum atomic E-state index is 13.5. The molecule has 4 rings (SSSR count). The van der Waals surface area contributed by atoms with E-state index < -0.39 is 11.4 Å². The average molecular weight is 370 g/mol.